The lowest BCUT2D eigenvalue weighted by Crippen LogP contribution is -2.48. The molecule has 6 nitrogen and oxygen atoms in total. The van der Waals surface area contributed by atoms with Crippen molar-refractivity contribution in [3.8, 4) is 5.75 Å². The molecule has 1 atom stereocenters. The first-order valence-electron chi connectivity index (χ1n) is 12.9. The monoisotopic (exact) mass is 521 g/mol. The van der Waals surface area contributed by atoms with E-state index in [9.17, 15) is 14.4 Å². The highest BCUT2D eigenvalue weighted by Gasteiger charge is 2.41. The third kappa shape index (κ3) is 6.11. The fraction of sp³-hybridized carbons (Fsp3) is 0.630. The van der Waals surface area contributed by atoms with Crippen LogP contribution in [0.3, 0.4) is 0 Å². The number of alkyl halides is 2. The molecule has 2 N–H and O–H groups in total. The molecule has 198 valence electrons. The number of thioether (sulfide) groups is 1. The van der Waals surface area contributed by atoms with Crippen LogP contribution in [-0.2, 0) is 11.5 Å². The highest BCUT2D eigenvalue weighted by molar-refractivity contribution is 7.99. The number of fused-ring (bicyclic) bond motifs is 1. The van der Waals surface area contributed by atoms with Crippen molar-refractivity contribution in [2.24, 2.45) is 5.41 Å². The Kier molecular flexibility index (Phi) is 9.41. The lowest BCUT2D eigenvalue weighted by Gasteiger charge is -2.40. The van der Waals surface area contributed by atoms with Crippen molar-refractivity contribution in [3.63, 3.8) is 0 Å². The molecule has 1 aromatic heterocycles. The number of hydrogen-bond acceptors (Lipinski definition) is 6. The average molecular weight is 522 g/mol. The van der Waals surface area contributed by atoms with Gasteiger partial charge in [-0.25, -0.2) is 14.3 Å². The van der Waals surface area contributed by atoms with Crippen molar-refractivity contribution in [1.29, 1.82) is 0 Å². The lowest BCUT2D eigenvalue weighted by molar-refractivity contribution is -0.143. The Bertz CT molecular complexity index is 1020. The molecule has 0 unspecified atom stereocenters. The first-order valence-corrected chi connectivity index (χ1v) is 14.0. The second kappa shape index (κ2) is 12.5. The summed E-state index contributed by atoms with van der Waals surface area (Å²) < 4.78 is 34.9. The van der Waals surface area contributed by atoms with E-state index >= 15 is 4.39 Å². The van der Waals surface area contributed by atoms with Crippen molar-refractivity contribution in [2.75, 3.05) is 32.5 Å². The van der Waals surface area contributed by atoms with Crippen LogP contribution in [0.4, 0.5) is 8.78 Å². The molecule has 0 spiro atoms. The molecule has 0 radical (unpaired) electrons. The summed E-state index contributed by atoms with van der Waals surface area (Å²) in [5.74, 6) is 1.17. The van der Waals surface area contributed by atoms with Gasteiger partial charge in [-0.1, -0.05) is 12.8 Å². The molecule has 1 aliphatic heterocycles. The zero-order valence-electron chi connectivity index (χ0n) is 21.0. The van der Waals surface area contributed by atoms with Crippen LogP contribution in [0.1, 0.15) is 68.7 Å². The van der Waals surface area contributed by atoms with Crippen LogP contribution in [0.5, 0.6) is 5.75 Å². The fourth-order valence-corrected chi connectivity index (χ4v) is 7.07. The van der Waals surface area contributed by atoms with E-state index in [1.807, 2.05) is 5.48 Å². The number of likely N-dealkylation sites (tertiary alicyclic amines) is 1. The smallest absolute Gasteiger partial charge is 0.249 e. The number of methoxy groups -OCH3 is 1. The highest BCUT2D eigenvalue weighted by Crippen LogP contribution is 2.42. The number of benzene rings is 1. The third-order valence-electron chi connectivity index (χ3n) is 7.99. The minimum atomic E-state index is -1.47. The van der Waals surface area contributed by atoms with Gasteiger partial charge in [0.15, 0.2) is 0 Å². The number of hydrogen-bond donors (Lipinski definition) is 2. The maximum atomic E-state index is 15.8. The van der Waals surface area contributed by atoms with Gasteiger partial charge >= 0.3 is 0 Å². The van der Waals surface area contributed by atoms with Crippen molar-refractivity contribution < 1.29 is 23.5 Å². The standard InChI is InChI=1S/C27H37F2N3O3S/c1-35-20-6-7-24-22(16-20)25(19(17-28)18-30-24)23(29)8-9-27(26(33)31-34)10-12-32(13-11-27)14-15-36-21-4-2-3-5-21/h6-7,16,18,21,23,34H,2-5,8-15,17H2,1H3,(H,31,33)/t23-/m1/s1. The Morgan fingerprint density at radius 2 is 2.08 bits per heavy atom. The molecule has 1 saturated heterocycles. The fourth-order valence-electron chi connectivity index (χ4n) is 5.70. The Balaban J connectivity index is 1.42. The van der Waals surface area contributed by atoms with Crippen LogP contribution in [0.15, 0.2) is 24.4 Å². The minimum Gasteiger partial charge on any atom is -0.497 e. The number of pyridine rings is 1. The van der Waals surface area contributed by atoms with E-state index in [2.05, 4.69) is 21.6 Å². The number of piperidine rings is 1. The number of nitrogens with zero attached hydrogens (tertiary/aromatic N) is 2. The van der Waals surface area contributed by atoms with E-state index in [-0.39, 0.29) is 24.0 Å². The van der Waals surface area contributed by atoms with E-state index < -0.39 is 24.2 Å². The molecular weight excluding hydrogens is 484 g/mol. The lowest BCUT2D eigenvalue weighted by atomic mass is 9.73. The van der Waals surface area contributed by atoms with Gasteiger partial charge in [0.1, 0.15) is 18.6 Å². The summed E-state index contributed by atoms with van der Waals surface area (Å²) in [6.45, 7) is 1.63. The molecule has 1 aliphatic carbocycles. The summed E-state index contributed by atoms with van der Waals surface area (Å²) in [5.41, 5.74) is 2.03. The van der Waals surface area contributed by atoms with Gasteiger partial charge < -0.3 is 9.64 Å². The number of halogens is 2. The quantitative estimate of drug-likeness (QED) is 0.289. The van der Waals surface area contributed by atoms with Gasteiger partial charge in [0.05, 0.1) is 18.0 Å². The summed E-state index contributed by atoms with van der Waals surface area (Å²) in [6, 6.07) is 5.15. The summed E-state index contributed by atoms with van der Waals surface area (Å²) in [5, 5.41) is 10.8. The van der Waals surface area contributed by atoms with Crippen molar-refractivity contribution in [1.82, 2.24) is 15.4 Å². The summed E-state index contributed by atoms with van der Waals surface area (Å²) in [6.07, 6.45) is 6.65. The zero-order chi connectivity index (χ0) is 25.5. The molecule has 1 amide bonds. The maximum absolute atomic E-state index is 15.8. The number of rotatable bonds is 11. The third-order valence-corrected chi connectivity index (χ3v) is 9.35. The predicted molar refractivity (Wildman–Crippen MR) is 139 cm³/mol. The van der Waals surface area contributed by atoms with Gasteiger partial charge in [-0.05, 0) is 69.8 Å². The number of hydroxylamine groups is 1. The topological polar surface area (TPSA) is 74.7 Å². The van der Waals surface area contributed by atoms with Crippen LogP contribution in [0, 0.1) is 5.41 Å². The van der Waals surface area contributed by atoms with Crippen molar-refractivity contribution in [2.45, 2.75) is 69.5 Å². The molecule has 36 heavy (non-hydrogen) atoms. The van der Waals surface area contributed by atoms with E-state index in [0.717, 1.165) is 30.6 Å². The van der Waals surface area contributed by atoms with Crippen LogP contribution in [0.25, 0.3) is 10.9 Å². The molecule has 2 aliphatic rings. The van der Waals surface area contributed by atoms with Gasteiger partial charge in [0.2, 0.25) is 5.91 Å². The number of nitrogens with one attached hydrogen (secondary N) is 1. The molecule has 4 rings (SSSR count). The summed E-state index contributed by atoms with van der Waals surface area (Å²) in [4.78, 5) is 19.4. The van der Waals surface area contributed by atoms with Gasteiger partial charge in [-0.15, -0.1) is 0 Å². The van der Waals surface area contributed by atoms with E-state index in [1.54, 1.807) is 18.2 Å². The number of carbonyl (C=O) groups is 1. The minimum absolute atomic E-state index is 0.0499. The Morgan fingerprint density at radius 3 is 2.75 bits per heavy atom. The number of aromatic nitrogens is 1. The molecule has 2 heterocycles. The SMILES string of the molecule is COc1ccc2ncc(CF)c([C@H](F)CCC3(C(=O)NO)CCN(CCSC4CCCC4)CC3)c2c1. The highest BCUT2D eigenvalue weighted by atomic mass is 32.2. The molecule has 2 fully saturated rings. The maximum Gasteiger partial charge on any atom is 0.249 e. The largest absolute Gasteiger partial charge is 0.497 e. The predicted octanol–water partition coefficient (Wildman–Crippen LogP) is 5.77. The molecule has 0 bridgehead atoms. The average Bonchev–Trinajstić information content (AvgIpc) is 3.44. The van der Waals surface area contributed by atoms with E-state index in [1.165, 1.54) is 39.0 Å². The Labute approximate surface area is 216 Å². The number of carbonyl (C=O) groups excluding carboxylic acids is 1. The second-order valence-electron chi connectivity index (χ2n) is 10.1. The second-order valence-corrected chi connectivity index (χ2v) is 11.5. The first kappa shape index (κ1) is 27.1. The number of amides is 1. The van der Waals surface area contributed by atoms with Crippen LogP contribution < -0.4 is 10.2 Å². The van der Waals surface area contributed by atoms with Gasteiger partial charge in [0, 0.05) is 40.3 Å². The van der Waals surface area contributed by atoms with Gasteiger partial charge in [-0.3, -0.25) is 15.0 Å². The Morgan fingerprint density at radius 1 is 1.33 bits per heavy atom. The van der Waals surface area contributed by atoms with Crippen LogP contribution >= 0.6 is 11.8 Å². The van der Waals surface area contributed by atoms with Crippen molar-refractivity contribution in [3.05, 3.63) is 35.5 Å². The molecule has 1 aromatic carbocycles. The molecule has 9 heteroatoms. The number of ether oxygens (including phenoxy) is 1. The first-order chi connectivity index (χ1) is 17.5. The van der Waals surface area contributed by atoms with Gasteiger partial charge in [0.25, 0.3) is 0 Å². The Hall–Kier alpha value is -1.97. The van der Waals surface area contributed by atoms with E-state index in [4.69, 9.17) is 4.74 Å². The van der Waals surface area contributed by atoms with Crippen LogP contribution in [0.2, 0.25) is 0 Å². The zero-order valence-corrected chi connectivity index (χ0v) is 21.8. The molecule has 2 aromatic rings. The summed E-state index contributed by atoms with van der Waals surface area (Å²) >= 11 is 2.05. The van der Waals surface area contributed by atoms with Gasteiger partial charge in [-0.2, -0.15) is 11.8 Å². The summed E-state index contributed by atoms with van der Waals surface area (Å²) in [7, 11) is 1.53. The normalized spacial score (nSPS) is 19.4. The van der Waals surface area contributed by atoms with Crippen LogP contribution in [-0.4, -0.2) is 58.7 Å². The van der Waals surface area contributed by atoms with E-state index in [0.29, 0.717) is 29.5 Å². The van der Waals surface area contributed by atoms with Crippen molar-refractivity contribution >= 4 is 28.6 Å². The molecular formula is C27H37F2N3O3S. The molecule has 1 saturated carbocycles.